The molecule has 128 valence electrons. The van der Waals surface area contributed by atoms with Crippen LogP contribution in [0.25, 0.3) is 0 Å². The van der Waals surface area contributed by atoms with E-state index in [1.165, 1.54) is 12.1 Å². The van der Waals surface area contributed by atoms with Gasteiger partial charge in [-0.15, -0.1) is 13.2 Å². The summed E-state index contributed by atoms with van der Waals surface area (Å²) in [6, 6.07) is 23.7. The topological polar surface area (TPSA) is 35.2 Å². The molecule has 0 saturated heterocycles. The summed E-state index contributed by atoms with van der Waals surface area (Å²) in [6.07, 6.45) is -4.79. The molecule has 0 bridgehead atoms. The predicted octanol–water partition coefficient (Wildman–Crippen LogP) is 5.35. The number of nitrogens with two attached hydrogens (primary N) is 1. The normalized spacial score (nSPS) is 11.5. The summed E-state index contributed by atoms with van der Waals surface area (Å²) >= 11 is 0. The maximum absolute atomic E-state index is 12.6. The van der Waals surface area contributed by atoms with Crippen LogP contribution in [0.3, 0.4) is 0 Å². The van der Waals surface area contributed by atoms with Gasteiger partial charge in [0.05, 0.1) is 5.69 Å². The zero-order valence-electron chi connectivity index (χ0n) is 13.2. The lowest BCUT2D eigenvalue weighted by atomic mass is 9.85. The average Bonchev–Trinajstić information content (AvgIpc) is 2.59. The number of rotatable bonds is 4. The molecule has 0 fully saturated rings. The summed E-state index contributed by atoms with van der Waals surface area (Å²) < 4.78 is 41.9. The van der Waals surface area contributed by atoms with Crippen LogP contribution in [0, 0.1) is 0 Å². The maximum atomic E-state index is 12.6. The fraction of sp³-hybridized carbons (Fsp3) is 0.100. The number of benzene rings is 3. The van der Waals surface area contributed by atoms with E-state index in [9.17, 15) is 13.2 Å². The molecule has 0 aliphatic carbocycles. The Hall–Kier alpha value is -2.95. The summed E-state index contributed by atoms with van der Waals surface area (Å²) in [5, 5.41) is 0. The molecule has 0 unspecified atom stereocenters. The van der Waals surface area contributed by atoms with Gasteiger partial charge >= 0.3 is 6.36 Å². The molecule has 25 heavy (non-hydrogen) atoms. The van der Waals surface area contributed by atoms with Gasteiger partial charge in [-0.2, -0.15) is 0 Å². The first-order valence-electron chi connectivity index (χ1n) is 7.69. The second-order valence-corrected chi connectivity index (χ2v) is 5.60. The Balaban J connectivity index is 2.10. The van der Waals surface area contributed by atoms with Crippen LogP contribution in [0.2, 0.25) is 0 Å². The molecule has 0 aromatic heterocycles. The van der Waals surface area contributed by atoms with E-state index in [2.05, 4.69) is 4.74 Å². The first-order chi connectivity index (χ1) is 11.9. The van der Waals surface area contributed by atoms with Crippen molar-refractivity contribution in [2.75, 3.05) is 5.73 Å². The molecule has 0 aliphatic rings. The Morgan fingerprint density at radius 3 is 1.72 bits per heavy atom. The quantitative estimate of drug-likeness (QED) is 0.512. The number of nitrogen functional groups attached to an aromatic ring is 1. The van der Waals surface area contributed by atoms with E-state index in [0.717, 1.165) is 11.1 Å². The van der Waals surface area contributed by atoms with Gasteiger partial charge in [0.2, 0.25) is 0 Å². The summed E-state index contributed by atoms with van der Waals surface area (Å²) in [6.45, 7) is 0. The number of hydrogen-bond donors (Lipinski definition) is 1. The van der Waals surface area contributed by atoms with Crippen LogP contribution >= 0.6 is 0 Å². The lowest BCUT2D eigenvalue weighted by Crippen LogP contribution is -2.18. The maximum Gasteiger partial charge on any atom is 0.573 e. The van der Waals surface area contributed by atoms with Crippen molar-refractivity contribution in [2.24, 2.45) is 0 Å². The fourth-order valence-corrected chi connectivity index (χ4v) is 2.81. The Kier molecular flexibility index (Phi) is 4.65. The highest BCUT2D eigenvalue weighted by atomic mass is 19.4. The van der Waals surface area contributed by atoms with Crippen LogP contribution in [0.4, 0.5) is 18.9 Å². The number of anilines is 1. The van der Waals surface area contributed by atoms with E-state index in [1.807, 2.05) is 60.7 Å². The van der Waals surface area contributed by atoms with E-state index in [0.29, 0.717) is 5.56 Å². The van der Waals surface area contributed by atoms with Gasteiger partial charge in [0.15, 0.2) is 5.75 Å². The van der Waals surface area contributed by atoms with Crippen LogP contribution in [0.15, 0.2) is 78.9 Å². The largest absolute Gasteiger partial charge is 0.573 e. The van der Waals surface area contributed by atoms with Gasteiger partial charge in [-0.1, -0.05) is 66.7 Å². The van der Waals surface area contributed by atoms with Crippen LogP contribution in [0.1, 0.15) is 22.6 Å². The molecular formula is C20H16F3NO. The first-order valence-corrected chi connectivity index (χ1v) is 7.69. The molecule has 0 heterocycles. The van der Waals surface area contributed by atoms with E-state index in [1.54, 1.807) is 6.07 Å². The van der Waals surface area contributed by atoms with Crippen molar-refractivity contribution in [1.82, 2.24) is 0 Å². The van der Waals surface area contributed by atoms with E-state index in [4.69, 9.17) is 5.73 Å². The second-order valence-electron chi connectivity index (χ2n) is 5.60. The molecule has 0 atom stereocenters. The monoisotopic (exact) mass is 343 g/mol. The number of hydrogen-bond acceptors (Lipinski definition) is 2. The highest BCUT2D eigenvalue weighted by Crippen LogP contribution is 2.36. The molecule has 3 rings (SSSR count). The Bertz CT molecular complexity index is 793. The van der Waals surface area contributed by atoms with Crippen LogP contribution < -0.4 is 10.5 Å². The summed E-state index contributed by atoms with van der Waals surface area (Å²) in [5.74, 6) is -0.611. The van der Waals surface area contributed by atoms with Crippen molar-refractivity contribution in [3.8, 4) is 5.75 Å². The minimum absolute atomic E-state index is 0.0547. The summed E-state index contributed by atoms with van der Waals surface area (Å²) in [4.78, 5) is 0. The summed E-state index contributed by atoms with van der Waals surface area (Å²) in [5.41, 5.74) is 8.20. The van der Waals surface area contributed by atoms with E-state index in [-0.39, 0.29) is 17.4 Å². The highest BCUT2D eigenvalue weighted by molar-refractivity contribution is 5.57. The zero-order chi connectivity index (χ0) is 17.9. The minimum Gasteiger partial charge on any atom is -0.404 e. The molecule has 0 spiro atoms. The molecule has 0 amide bonds. The summed E-state index contributed by atoms with van der Waals surface area (Å²) in [7, 11) is 0. The fourth-order valence-electron chi connectivity index (χ4n) is 2.81. The first kappa shape index (κ1) is 16.9. The van der Waals surface area contributed by atoms with Crippen molar-refractivity contribution in [3.05, 3.63) is 95.6 Å². The van der Waals surface area contributed by atoms with Crippen molar-refractivity contribution in [3.63, 3.8) is 0 Å². The van der Waals surface area contributed by atoms with Crippen molar-refractivity contribution < 1.29 is 17.9 Å². The third-order valence-electron chi connectivity index (χ3n) is 3.86. The van der Waals surface area contributed by atoms with Crippen LogP contribution in [-0.2, 0) is 0 Å². The van der Waals surface area contributed by atoms with Crippen LogP contribution in [0.5, 0.6) is 5.75 Å². The van der Waals surface area contributed by atoms with Gasteiger partial charge < -0.3 is 10.5 Å². The zero-order valence-corrected chi connectivity index (χ0v) is 13.2. The van der Waals surface area contributed by atoms with Crippen molar-refractivity contribution >= 4 is 5.69 Å². The number of halogens is 3. The molecule has 3 aromatic carbocycles. The molecular weight excluding hydrogens is 327 g/mol. The molecule has 2 nitrogen and oxygen atoms in total. The third-order valence-corrected chi connectivity index (χ3v) is 3.86. The lowest BCUT2D eigenvalue weighted by Gasteiger charge is -2.20. The van der Waals surface area contributed by atoms with Gasteiger partial charge in [0.1, 0.15) is 0 Å². The van der Waals surface area contributed by atoms with Gasteiger partial charge in [-0.3, -0.25) is 0 Å². The number of alkyl halides is 3. The van der Waals surface area contributed by atoms with Gasteiger partial charge in [0, 0.05) is 5.92 Å². The molecule has 5 heteroatoms. The average molecular weight is 343 g/mol. The van der Waals surface area contributed by atoms with Crippen molar-refractivity contribution in [1.29, 1.82) is 0 Å². The Morgan fingerprint density at radius 1 is 0.720 bits per heavy atom. The Morgan fingerprint density at radius 2 is 1.24 bits per heavy atom. The standard InChI is InChI=1S/C20H16F3NO/c21-20(22,23)25-18-13-16(11-12-17(18)24)19(14-7-3-1-4-8-14)15-9-5-2-6-10-15/h1-13,19H,24H2. The molecule has 0 radical (unpaired) electrons. The third kappa shape index (κ3) is 4.12. The minimum atomic E-state index is -4.79. The predicted molar refractivity (Wildman–Crippen MR) is 91.4 cm³/mol. The highest BCUT2D eigenvalue weighted by Gasteiger charge is 2.32. The van der Waals surface area contributed by atoms with E-state index < -0.39 is 6.36 Å². The van der Waals surface area contributed by atoms with Gasteiger partial charge in [-0.05, 0) is 28.8 Å². The van der Waals surface area contributed by atoms with Gasteiger partial charge in [0.25, 0.3) is 0 Å². The molecule has 2 N–H and O–H groups in total. The molecule has 3 aromatic rings. The Labute approximate surface area is 143 Å². The van der Waals surface area contributed by atoms with E-state index >= 15 is 0 Å². The number of ether oxygens (including phenoxy) is 1. The molecule has 0 saturated carbocycles. The SMILES string of the molecule is Nc1ccc(C(c2ccccc2)c2ccccc2)cc1OC(F)(F)F. The lowest BCUT2D eigenvalue weighted by molar-refractivity contribution is -0.274. The molecule has 0 aliphatic heterocycles. The van der Waals surface area contributed by atoms with Gasteiger partial charge in [-0.25, -0.2) is 0 Å². The second kappa shape index (κ2) is 6.89. The van der Waals surface area contributed by atoms with Crippen molar-refractivity contribution in [2.45, 2.75) is 12.3 Å². The van der Waals surface area contributed by atoms with Crippen LogP contribution in [-0.4, -0.2) is 6.36 Å². The smallest absolute Gasteiger partial charge is 0.404 e.